The highest BCUT2D eigenvalue weighted by molar-refractivity contribution is 7.98. The Morgan fingerprint density at radius 1 is 1.50 bits per heavy atom. The number of hydrogen-bond donors (Lipinski definition) is 1. The summed E-state index contributed by atoms with van der Waals surface area (Å²) in [5.41, 5.74) is 7.06. The van der Waals surface area contributed by atoms with Crippen LogP contribution in [0.5, 0.6) is 5.75 Å². The Bertz CT molecular complexity index is 299. The van der Waals surface area contributed by atoms with Gasteiger partial charge >= 0.3 is 0 Å². The van der Waals surface area contributed by atoms with Crippen molar-refractivity contribution in [2.24, 2.45) is 5.73 Å². The molecule has 0 amide bonds. The molecule has 2 nitrogen and oxygen atoms in total. The van der Waals surface area contributed by atoms with Gasteiger partial charge in [-0.25, -0.2) is 0 Å². The SMILES string of the molecule is COc1cccc(CC(C)N)c1SC. The lowest BCUT2D eigenvalue weighted by molar-refractivity contribution is 0.403. The summed E-state index contributed by atoms with van der Waals surface area (Å²) in [6.07, 6.45) is 2.95. The first-order valence-electron chi connectivity index (χ1n) is 4.64. The van der Waals surface area contributed by atoms with E-state index in [9.17, 15) is 0 Å². The number of thioether (sulfide) groups is 1. The summed E-state index contributed by atoms with van der Waals surface area (Å²) in [6.45, 7) is 2.02. The number of ether oxygens (including phenoxy) is 1. The molecule has 0 aromatic heterocycles. The normalized spacial score (nSPS) is 12.6. The minimum atomic E-state index is 0.188. The summed E-state index contributed by atoms with van der Waals surface area (Å²) in [6, 6.07) is 6.29. The van der Waals surface area contributed by atoms with Gasteiger partial charge in [0.25, 0.3) is 0 Å². The summed E-state index contributed by atoms with van der Waals surface area (Å²) in [4.78, 5) is 1.20. The van der Waals surface area contributed by atoms with E-state index in [1.54, 1.807) is 18.9 Å². The second kappa shape index (κ2) is 5.27. The molecule has 1 aromatic rings. The molecular formula is C11H17NOS. The fraction of sp³-hybridized carbons (Fsp3) is 0.455. The van der Waals surface area contributed by atoms with Crippen LogP contribution in [0.4, 0.5) is 0 Å². The van der Waals surface area contributed by atoms with Crippen molar-refractivity contribution in [2.75, 3.05) is 13.4 Å². The zero-order valence-electron chi connectivity index (χ0n) is 8.91. The lowest BCUT2D eigenvalue weighted by Gasteiger charge is -2.13. The molecule has 3 heteroatoms. The topological polar surface area (TPSA) is 35.2 Å². The molecule has 0 fully saturated rings. The van der Waals surface area contributed by atoms with Crippen LogP contribution in [0.3, 0.4) is 0 Å². The first kappa shape index (κ1) is 11.4. The van der Waals surface area contributed by atoms with E-state index < -0.39 is 0 Å². The maximum atomic E-state index is 5.79. The average molecular weight is 211 g/mol. The van der Waals surface area contributed by atoms with Crippen LogP contribution in [-0.4, -0.2) is 19.4 Å². The molecule has 14 heavy (non-hydrogen) atoms. The van der Waals surface area contributed by atoms with Gasteiger partial charge in [-0.3, -0.25) is 0 Å². The van der Waals surface area contributed by atoms with Gasteiger partial charge in [0.1, 0.15) is 5.75 Å². The maximum Gasteiger partial charge on any atom is 0.132 e. The molecule has 1 unspecified atom stereocenters. The molecule has 0 saturated carbocycles. The molecule has 2 N–H and O–H groups in total. The predicted molar refractivity (Wildman–Crippen MR) is 62.1 cm³/mol. The highest BCUT2D eigenvalue weighted by Gasteiger charge is 2.08. The van der Waals surface area contributed by atoms with E-state index in [4.69, 9.17) is 10.5 Å². The minimum Gasteiger partial charge on any atom is -0.496 e. The van der Waals surface area contributed by atoms with Crippen molar-refractivity contribution in [3.63, 3.8) is 0 Å². The van der Waals surface area contributed by atoms with Gasteiger partial charge in [-0.05, 0) is 31.2 Å². The van der Waals surface area contributed by atoms with Gasteiger partial charge in [-0.2, -0.15) is 0 Å². The highest BCUT2D eigenvalue weighted by Crippen LogP contribution is 2.31. The lowest BCUT2D eigenvalue weighted by atomic mass is 10.1. The van der Waals surface area contributed by atoms with Crippen LogP contribution in [0, 0.1) is 0 Å². The predicted octanol–water partition coefficient (Wildman–Crippen LogP) is 2.31. The van der Waals surface area contributed by atoms with Crippen molar-refractivity contribution in [3.05, 3.63) is 23.8 Å². The zero-order chi connectivity index (χ0) is 10.6. The molecule has 78 valence electrons. The summed E-state index contributed by atoms with van der Waals surface area (Å²) < 4.78 is 5.30. The Morgan fingerprint density at radius 3 is 2.71 bits per heavy atom. The lowest BCUT2D eigenvalue weighted by Crippen LogP contribution is -2.18. The molecule has 0 aliphatic heterocycles. The third-order valence-corrected chi connectivity index (χ3v) is 2.90. The van der Waals surface area contributed by atoms with E-state index in [0.717, 1.165) is 12.2 Å². The van der Waals surface area contributed by atoms with Crippen molar-refractivity contribution >= 4 is 11.8 Å². The Kier molecular flexibility index (Phi) is 4.29. The smallest absolute Gasteiger partial charge is 0.132 e. The summed E-state index contributed by atoms with van der Waals surface area (Å²) in [7, 11) is 1.70. The quantitative estimate of drug-likeness (QED) is 0.776. The number of benzene rings is 1. The fourth-order valence-corrected chi connectivity index (χ4v) is 2.23. The number of hydrogen-bond acceptors (Lipinski definition) is 3. The van der Waals surface area contributed by atoms with Gasteiger partial charge in [-0.15, -0.1) is 11.8 Å². The molecular weight excluding hydrogens is 194 g/mol. The first-order chi connectivity index (χ1) is 6.69. The molecule has 0 spiro atoms. The molecule has 0 saturated heterocycles. The summed E-state index contributed by atoms with van der Waals surface area (Å²) >= 11 is 1.71. The van der Waals surface area contributed by atoms with E-state index in [-0.39, 0.29) is 6.04 Å². The first-order valence-corrected chi connectivity index (χ1v) is 5.87. The molecule has 0 radical (unpaired) electrons. The van der Waals surface area contributed by atoms with Crippen molar-refractivity contribution in [2.45, 2.75) is 24.3 Å². The van der Waals surface area contributed by atoms with Gasteiger partial charge in [0.15, 0.2) is 0 Å². The highest BCUT2D eigenvalue weighted by atomic mass is 32.2. The van der Waals surface area contributed by atoms with Crippen LogP contribution in [0.15, 0.2) is 23.1 Å². The van der Waals surface area contributed by atoms with Gasteiger partial charge < -0.3 is 10.5 Å². The summed E-state index contributed by atoms with van der Waals surface area (Å²) in [5.74, 6) is 0.940. The molecule has 1 aromatic carbocycles. The molecule has 0 heterocycles. The third-order valence-electron chi connectivity index (χ3n) is 2.03. The Balaban J connectivity index is 3.02. The van der Waals surface area contributed by atoms with Crippen molar-refractivity contribution in [1.29, 1.82) is 0 Å². The maximum absolute atomic E-state index is 5.79. The molecule has 0 aliphatic rings. The van der Waals surface area contributed by atoms with Crippen LogP contribution < -0.4 is 10.5 Å². The van der Waals surface area contributed by atoms with E-state index >= 15 is 0 Å². The second-order valence-corrected chi connectivity index (χ2v) is 4.15. The van der Waals surface area contributed by atoms with E-state index in [2.05, 4.69) is 12.3 Å². The number of methoxy groups -OCH3 is 1. The van der Waals surface area contributed by atoms with E-state index in [1.165, 1.54) is 10.5 Å². The van der Waals surface area contributed by atoms with Gasteiger partial charge in [-0.1, -0.05) is 12.1 Å². The van der Waals surface area contributed by atoms with Gasteiger partial charge in [0.05, 0.1) is 12.0 Å². The Morgan fingerprint density at radius 2 is 2.21 bits per heavy atom. The van der Waals surface area contributed by atoms with E-state index in [0.29, 0.717) is 0 Å². The van der Waals surface area contributed by atoms with Crippen LogP contribution in [0.25, 0.3) is 0 Å². The van der Waals surface area contributed by atoms with Gasteiger partial charge in [0, 0.05) is 6.04 Å². The minimum absolute atomic E-state index is 0.188. The largest absolute Gasteiger partial charge is 0.496 e. The average Bonchev–Trinajstić information content (AvgIpc) is 2.16. The van der Waals surface area contributed by atoms with Crippen molar-refractivity contribution < 1.29 is 4.74 Å². The molecule has 1 atom stereocenters. The van der Waals surface area contributed by atoms with Crippen LogP contribution in [0.2, 0.25) is 0 Å². The fourth-order valence-electron chi connectivity index (χ4n) is 1.46. The molecule has 0 bridgehead atoms. The van der Waals surface area contributed by atoms with E-state index in [1.807, 2.05) is 19.1 Å². The monoisotopic (exact) mass is 211 g/mol. The zero-order valence-corrected chi connectivity index (χ0v) is 9.73. The Labute approximate surface area is 89.8 Å². The van der Waals surface area contributed by atoms with Gasteiger partial charge in [0.2, 0.25) is 0 Å². The summed E-state index contributed by atoms with van der Waals surface area (Å²) in [5, 5.41) is 0. The van der Waals surface area contributed by atoms with Crippen LogP contribution in [-0.2, 0) is 6.42 Å². The second-order valence-electron chi connectivity index (χ2n) is 3.33. The molecule has 1 rings (SSSR count). The standard InChI is InChI=1S/C11H17NOS/c1-8(12)7-9-5-4-6-10(13-2)11(9)14-3/h4-6,8H,7,12H2,1-3H3. The Hall–Kier alpha value is -0.670. The van der Waals surface area contributed by atoms with Crippen LogP contribution in [0.1, 0.15) is 12.5 Å². The molecule has 0 aliphatic carbocycles. The number of nitrogens with two attached hydrogens (primary N) is 1. The number of rotatable bonds is 4. The van der Waals surface area contributed by atoms with Crippen molar-refractivity contribution in [3.8, 4) is 5.75 Å². The third kappa shape index (κ3) is 2.66. The van der Waals surface area contributed by atoms with Crippen LogP contribution >= 0.6 is 11.8 Å². The van der Waals surface area contributed by atoms with Crippen molar-refractivity contribution in [1.82, 2.24) is 0 Å².